The number of amides is 1. The Morgan fingerprint density at radius 3 is 2.38 bits per heavy atom. The molecule has 0 saturated carbocycles. The van der Waals surface area contributed by atoms with Crippen molar-refractivity contribution in [3.05, 3.63) is 26.8 Å². The van der Waals surface area contributed by atoms with Crippen LogP contribution in [0.2, 0.25) is 0 Å². The van der Waals surface area contributed by atoms with Gasteiger partial charge < -0.3 is 11.5 Å². The molecule has 5 heteroatoms. The number of carbonyl (C=O) groups excluding carboxylic acids is 1. The van der Waals surface area contributed by atoms with Gasteiger partial charge in [-0.25, -0.2) is 0 Å². The quantitative estimate of drug-likeness (QED) is 0.862. The Balaban J connectivity index is 2.53. The van der Waals surface area contributed by atoms with Crippen molar-refractivity contribution < 1.29 is 4.79 Å². The summed E-state index contributed by atoms with van der Waals surface area (Å²) in [4.78, 5) is 15.0. The van der Waals surface area contributed by atoms with Crippen molar-refractivity contribution in [2.45, 2.75) is 13.8 Å². The Morgan fingerprint density at radius 2 is 1.94 bits per heavy atom. The number of nitrogen functional groups attached to an aromatic ring is 1. The van der Waals surface area contributed by atoms with Crippen LogP contribution >= 0.6 is 22.7 Å². The van der Waals surface area contributed by atoms with Crippen molar-refractivity contribution >= 4 is 34.3 Å². The number of hydrogen-bond donors (Lipinski definition) is 2. The van der Waals surface area contributed by atoms with E-state index in [-0.39, 0.29) is 0 Å². The maximum Gasteiger partial charge on any atom is 0.260 e. The Labute approximate surface area is 102 Å². The van der Waals surface area contributed by atoms with Gasteiger partial charge in [0.1, 0.15) is 4.88 Å². The fourth-order valence-corrected chi connectivity index (χ4v) is 3.61. The maximum atomic E-state index is 11.1. The first-order valence-electron chi connectivity index (χ1n) is 4.75. The van der Waals surface area contributed by atoms with E-state index in [1.54, 1.807) is 11.3 Å². The third kappa shape index (κ3) is 1.83. The fourth-order valence-electron chi connectivity index (χ4n) is 1.61. The van der Waals surface area contributed by atoms with Gasteiger partial charge in [0, 0.05) is 20.2 Å². The number of aryl methyl sites for hydroxylation is 2. The van der Waals surface area contributed by atoms with Crippen LogP contribution in [0.15, 0.2) is 12.1 Å². The normalized spacial score (nSPS) is 10.6. The molecule has 2 heterocycles. The van der Waals surface area contributed by atoms with Crippen molar-refractivity contribution in [2.75, 3.05) is 5.73 Å². The molecule has 2 rings (SSSR count). The number of carbonyl (C=O) groups is 1. The van der Waals surface area contributed by atoms with Gasteiger partial charge >= 0.3 is 0 Å². The molecule has 1 amide bonds. The van der Waals surface area contributed by atoms with Gasteiger partial charge in [-0.2, -0.15) is 0 Å². The molecule has 0 spiro atoms. The molecule has 2 aromatic heterocycles. The van der Waals surface area contributed by atoms with Crippen molar-refractivity contribution in [3.63, 3.8) is 0 Å². The predicted molar refractivity (Wildman–Crippen MR) is 70.0 cm³/mol. The molecule has 84 valence electrons. The third-order valence-electron chi connectivity index (χ3n) is 2.29. The number of rotatable bonds is 2. The van der Waals surface area contributed by atoms with E-state index in [1.165, 1.54) is 21.1 Å². The van der Waals surface area contributed by atoms with E-state index < -0.39 is 5.91 Å². The van der Waals surface area contributed by atoms with Gasteiger partial charge in [0.2, 0.25) is 0 Å². The van der Waals surface area contributed by atoms with Crippen LogP contribution in [-0.2, 0) is 0 Å². The number of nitrogens with two attached hydrogens (primary N) is 2. The number of thiophene rings is 2. The maximum absolute atomic E-state index is 11.1. The molecule has 0 aliphatic heterocycles. The molecule has 4 N–H and O–H groups in total. The molecule has 0 aliphatic rings. The average molecular weight is 252 g/mol. The van der Waals surface area contributed by atoms with Gasteiger partial charge in [0.05, 0.1) is 5.69 Å². The Bertz CT molecular complexity index is 554. The van der Waals surface area contributed by atoms with Crippen LogP contribution in [0.25, 0.3) is 10.4 Å². The van der Waals surface area contributed by atoms with E-state index in [4.69, 9.17) is 11.5 Å². The van der Waals surface area contributed by atoms with Gasteiger partial charge in [0.15, 0.2) is 0 Å². The molecule has 0 bridgehead atoms. The Morgan fingerprint density at radius 1 is 1.25 bits per heavy atom. The molecule has 16 heavy (non-hydrogen) atoms. The van der Waals surface area contributed by atoms with Crippen LogP contribution in [0.1, 0.15) is 19.4 Å². The lowest BCUT2D eigenvalue weighted by atomic mass is 10.2. The summed E-state index contributed by atoms with van der Waals surface area (Å²) in [6.45, 7) is 4.12. The molecular weight excluding hydrogens is 240 g/mol. The number of hydrogen-bond acceptors (Lipinski definition) is 4. The summed E-state index contributed by atoms with van der Waals surface area (Å²) in [7, 11) is 0. The first-order chi connectivity index (χ1) is 7.49. The van der Waals surface area contributed by atoms with Crippen LogP contribution < -0.4 is 11.5 Å². The second-order valence-electron chi connectivity index (χ2n) is 3.59. The fraction of sp³-hybridized carbons (Fsp3) is 0.182. The molecule has 0 aromatic carbocycles. The molecule has 0 unspecified atom stereocenters. The zero-order chi connectivity index (χ0) is 11.9. The first-order valence-corrected chi connectivity index (χ1v) is 6.39. The topological polar surface area (TPSA) is 69.1 Å². The van der Waals surface area contributed by atoms with Gasteiger partial charge in [-0.15, -0.1) is 22.7 Å². The number of anilines is 1. The molecule has 0 radical (unpaired) electrons. The average Bonchev–Trinajstić information content (AvgIpc) is 2.69. The molecular formula is C11H12N2OS2. The van der Waals surface area contributed by atoms with Crippen molar-refractivity contribution in [3.8, 4) is 10.4 Å². The van der Waals surface area contributed by atoms with E-state index in [1.807, 2.05) is 6.07 Å². The molecule has 3 nitrogen and oxygen atoms in total. The summed E-state index contributed by atoms with van der Waals surface area (Å²) in [5.41, 5.74) is 12.6. The van der Waals surface area contributed by atoms with E-state index in [0.717, 1.165) is 10.4 Å². The zero-order valence-corrected chi connectivity index (χ0v) is 10.7. The summed E-state index contributed by atoms with van der Waals surface area (Å²) < 4.78 is 0. The predicted octanol–water partition coefficient (Wildman–Crippen LogP) is 2.77. The second-order valence-corrected chi connectivity index (χ2v) is 6.10. The van der Waals surface area contributed by atoms with E-state index >= 15 is 0 Å². The minimum absolute atomic E-state index is 0.443. The Kier molecular flexibility index (Phi) is 2.73. The zero-order valence-electron chi connectivity index (χ0n) is 9.03. The van der Waals surface area contributed by atoms with Gasteiger partial charge in [0.25, 0.3) is 5.91 Å². The summed E-state index contributed by atoms with van der Waals surface area (Å²) in [5, 5.41) is 0. The van der Waals surface area contributed by atoms with E-state index in [2.05, 4.69) is 19.9 Å². The third-order valence-corrected chi connectivity index (χ3v) is 4.46. The van der Waals surface area contributed by atoms with Gasteiger partial charge in [-0.05, 0) is 26.0 Å². The molecule has 0 aliphatic carbocycles. The smallest absolute Gasteiger partial charge is 0.260 e. The van der Waals surface area contributed by atoms with Crippen molar-refractivity contribution in [1.82, 2.24) is 0 Å². The molecule has 0 atom stereocenters. The van der Waals surface area contributed by atoms with E-state index in [0.29, 0.717) is 10.6 Å². The summed E-state index contributed by atoms with van der Waals surface area (Å²) in [5.74, 6) is -0.460. The summed E-state index contributed by atoms with van der Waals surface area (Å²) in [6.07, 6.45) is 0. The molecule has 2 aromatic rings. The van der Waals surface area contributed by atoms with Crippen LogP contribution in [-0.4, -0.2) is 5.91 Å². The van der Waals surface area contributed by atoms with Crippen molar-refractivity contribution in [1.29, 1.82) is 0 Å². The lowest BCUT2D eigenvalue weighted by Gasteiger charge is -1.92. The number of primary amides is 1. The Hall–Kier alpha value is -1.33. The minimum atomic E-state index is -0.460. The highest BCUT2D eigenvalue weighted by molar-refractivity contribution is 7.18. The molecule has 0 saturated heterocycles. The largest absolute Gasteiger partial charge is 0.397 e. The lowest BCUT2D eigenvalue weighted by Crippen LogP contribution is -2.10. The van der Waals surface area contributed by atoms with Crippen LogP contribution in [0.4, 0.5) is 5.69 Å². The van der Waals surface area contributed by atoms with Crippen molar-refractivity contribution in [2.24, 2.45) is 5.73 Å². The SMILES string of the molecule is Cc1cc(-c2cc(N)c(C(N)=O)s2)c(C)s1. The summed E-state index contributed by atoms with van der Waals surface area (Å²) in [6, 6.07) is 3.93. The van der Waals surface area contributed by atoms with Crippen LogP contribution in [0, 0.1) is 13.8 Å². The molecule has 0 fully saturated rings. The van der Waals surface area contributed by atoms with E-state index in [9.17, 15) is 4.79 Å². The highest BCUT2D eigenvalue weighted by Crippen LogP contribution is 2.37. The standard InChI is InChI=1S/C11H12N2OS2/c1-5-3-7(6(2)15-5)9-4-8(12)10(16-9)11(13)14/h3-4H,12H2,1-2H3,(H2,13,14). The van der Waals surface area contributed by atoms with Gasteiger partial charge in [-0.3, -0.25) is 4.79 Å². The highest BCUT2D eigenvalue weighted by atomic mass is 32.1. The van der Waals surface area contributed by atoms with Gasteiger partial charge in [-0.1, -0.05) is 0 Å². The van der Waals surface area contributed by atoms with Crippen LogP contribution in [0.5, 0.6) is 0 Å². The lowest BCUT2D eigenvalue weighted by molar-refractivity contribution is 0.100. The highest BCUT2D eigenvalue weighted by Gasteiger charge is 2.14. The van der Waals surface area contributed by atoms with Crippen LogP contribution in [0.3, 0.4) is 0 Å². The first kappa shape index (κ1) is 11.2. The summed E-state index contributed by atoms with van der Waals surface area (Å²) >= 11 is 3.09. The minimum Gasteiger partial charge on any atom is -0.397 e. The second kappa shape index (κ2) is 3.92. The monoisotopic (exact) mass is 252 g/mol.